The highest BCUT2D eigenvalue weighted by atomic mass is 15.3. The van der Waals surface area contributed by atoms with Gasteiger partial charge in [0.2, 0.25) is 0 Å². The Hall–Kier alpha value is -0.830. The molecule has 3 heteroatoms. The average molecular weight is 181 g/mol. The largest absolute Gasteiger partial charge is 0.314 e. The first-order chi connectivity index (χ1) is 6.18. The zero-order valence-corrected chi connectivity index (χ0v) is 8.75. The van der Waals surface area contributed by atoms with Gasteiger partial charge in [0.25, 0.3) is 0 Å². The number of nitrogens with one attached hydrogen (secondary N) is 1. The minimum absolute atomic E-state index is 0.583. The molecule has 13 heavy (non-hydrogen) atoms. The molecule has 0 aliphatic rings. The molecule has 1 aromatic rings. The highest BCUT2D eigenvalue weighted by Gasteiger charge is 1.94. The van der Waals surface area contributed by atoms with Crippen LogP contribution in [-0.2, 0) is 6.54 Å². The molecule has 74 valence electrons. The summed E-state index contributed by atoms with van der Waals surface area (Å²) < 4.78 is 2.00. The molecule has 0 atom stereocenters. The van der Waals surface area contributed by atoms with Crippen molar-refractivity contribution in [2.75, 3.05) is 6.54 Å². The van der Waals surface area contributed by atoms with Gasteiger partial charge < -0.3 is 5.32 Å². The lowest BCUT2D eigenvalue weighted by Gasteiger charge is -2.07. The first-order valence-corrected chi connectivity index (χ1v) is 4.92. The van der Waals surface area contributed by atoms with E-state index in [9.17, 15) is 0 Å². The SMILES string of the molecule is Cc1ccn(CCCNC(C)C)n1. The van der Waals surface area contributed by atoms with Crippen LogP contribution in [0.3, 0.4) is 0 Å². The molecular weight excluding hydrogens is 162 g/mol. The molecular formula is C10H19N3. The third-order valence-corrected chi connectivity index (χ3v) is 1.89. The van der Waals surface area contributed by atoms with E-state index < -0.39 is 0 Å². The minimum Gasteiger partial charge on any atom is -0.314 e. The number of aromatic nitrogens is 2. The van der Waals surface area contributed by atoms with Gasteiger partial charge in [0.15, 0.2) is 0 Å². The molecule has 0 radical (unpaired) electrons. The Morgan fingerprint density at radius 2 is 2.31 bits per heavy atom. The van der Waals surface area contributed by atoms with Crippen molar-refractivity contribution in [2.24, 2.45) is 0 Å². The molecule has 1 heterocycles. The van der Waals surface area contributed by atoms with Gasteiger partial charge in [-0.3, -0.25) is 4.68 Å². The van der Waals surface area contributed by atoms with E-state index in [0.29, 0.717) is 6.04 Å². The van der Waals surface area contributed by atoms with Crippen molar-refractivity contribution in [2.45, 2.75) is 39.8 Å². The standard InChI is InChI=1S/C10H19N3/c1-9(2)11-6-4-7-13-8-5-10(3)12-13/h5,8-9,11H,4,6-7H2,1-3H3. The van der Waals surface area contributed by atoms with E-state index in [1.807, 2.05) is 23.9 Å². The highest BCUT2D eigenvalue weighted by Crippen LogP contribution is 1.94. The van der Waals surface area contributed by atoms with Crippen LogP contribution in [0.2, 0.25) is 0 Å². The maximum Gasteiger partial charge on any atom is 0.0593 e. The summed E-state index contributed by atoms with van der Waals surface area (Å²) in [5, 5.41) is 7.70. The second-order valence-electron chi connectivity index (χ2n) is 3.68. The Morgan fingerprint density at radius 1 is 1.54 bits per heavy atom. The number of hydrogen-bond acceptors (Lipinski definition) is 2. The molecule has 0 aromatic carbocycles. The number of hydrogen-bond donors (Lipinski definition) is 1. The quantitative estimate of drug-likeness (QED) is 0.699. The normalized spacial score (nSPS) is 11.1. The predicted octanol–water partition coefficient (Wildman–Crippen LogP) is 1.58. The predicted molar refractivity (Wildman–Crippen MR) is 54.7 cm³/mol. The lowest BCUT2D eigenvalue weighted by Crippen LogP contribution is -2.24. The van der Waals surface area contributed by atoms with Gasteiger partial charge in [0, 0.05) is 18.8 Å². The molecule has 3 nitrogen and oxygen atoms in total. The molecule has 0 saturated heterocycles. The lowest BCUT2D eigenvalue weighted by atomic mass is 10.3. The molecule has 0 bridgehead atoms. The molecule has 0 aliphatic heterocycles. The third kappa shape index (κ3) is 4.08. The highest BCUT2D eigenvalue weighted by molar-refractivity contribution is 4.94. The maximum atomic E-state index is 4.32. The van der Waals surface area contributed by atoms with Crippen LogP contribution in [0.15, 0.2) is 12.3 Å². The van der Waals surface area contributed by atoms with Crippen LogP contribution in [0.1, 0.15) is 26.0 Å². The van der Waals surface area contributed by atoms with Crippen LogP contribution >= 0.6 is 0 Å². The monoisotopic (exact) mass is 181 g/mol. The summed E-state index contributed by atoms with van der Waals surface area (Å²) in [7, 11) is 0. The lowest BCUT2D eigenvalue weighted by molar-refractivity contribution is 0.512. The maximum absolute atomic E-state index is 4.32. The average Bonchev–Trinajstić information content (AvgIpc) is 2.45. The Labute approximate surface area is 80.1 Å². The Bertz CT molecular complexity index is 240. The van der Waals surface area contributed by atoms with Crippen LogP contribution in [0.4, 0.5) is 0 Å². The summed E-state index contributed by atoms with van der Waals surface area (Å²) in [6.07, 6.45) is 3.17. The Balaban J connectivity index is 2.13. The van der Waals surface area contributed by atoms with Gasteiger partial charge >= 0.3 is 0 Å². The van der Waals surface area contributed by atoms with E-state index in [1.165, 1.54) is 0 Å². The fourth-order valence-corrected chi connectivity index (χ4v) is 1.22. The topological polar surface area (TPSA) is 29.9 Å². The molecule has 1 rings (SSSR count). The molecule has 0 amide bonds. The Kier molecular flexibility index (Phi) is 3.96. The van der Waals surface area contributed by atoms with E-state index in [2.05, 4.69) is 24.3 Å². The van der Waals surface area contributed by atoms with E-state index in [0.717, 1.165) is 25.2 Å². The van der Waals surface area contributed by atoms with Gasteiger partial charge in [-0.2, -0.15) is 5.10 Å². The molecule has 1 N–H and O–H groups in total. The number of rotatable bonds is 5. The molecule has 1 aromatic heterocycles. The van der Waals surface area contributed by atoms with Crippen molar-refractivity contribution in [3.63, 3.8) is 0 Å². The van der Waals surface area contributed by atoms with E-state index in [-0.39, 0.29) is 0 Å². The fraction of sp³-hybridized carbons (Fsp3) is 0.700. The smallest absolute Gasteiger partial charge is 0.0593 e. The zero-order valence-electron chi connectivity index (χ0n) is 8.75. The van der Waals surface area contributed by atoms with E-state index >= 15 is 0 Å². The minimum atomic E-state index is 0.583. The summed E-state index contributed by atoms with van der Waals surface area (Å²) in [5.74, 6) is 0. The first-order valence-electron chi connectivity index (χ1n) is 4.92. The van der Waals surface area contributed by atoms with Crippen LogP contribution in [0, 0.1) is 6.92 Å². The van der Waals surface area contributed by atoms with Crippen LogP contribution in [0.5, 0.6) is 0 Å². The summed E-state index contributed by atoms with van der Waals surface area (Å²) in [6.45, 7) is 8.42. The van der Waals surface area contributed by atoms with Crippen LogP contribution in [0.25, 0.3) is 0 Å². The molecule has 0 spiro atoms. The van der Waals surface area contributed by atoms with Gasteiger partial charge in [-0.1, -0.05) is 13.8 Å². The van der Waals surface area contributed by atoms with E-state index in [1.54, 1.807) is 0 Å². The van der Waals surface area contributed by atoms with E-state index in [4.69, 9.17) is 0 Å². The molecule has 0 unspecified atom stereocenters. The van der Waals surface area contributed by atoms with Crippen molar-refractivity contribution < 1.29 is 0 Å². The summed E-state index contributed by atoms with van der Waals surface area (Å²) >= 11 is 0. The van der Waals surface area contributed by atoms with Crippen LogP contribution < -0.4 is 5.32 Å². The van der Waals surface area contributed by atoms with Crippen molar-refractivity contribution in [1.82, 2.24) is 15.1 Å². The van der Waals surface area contributed by atoms with Gasteiger partial charge in [-0.25, -0.2) is 0 Å². The van der Waals surface area contributed by atoms with Crippen LogP contribution in [-0.4, -0.2) is 22.4 Å². The van der Waals surface area contributed by atoms with Crippen molar-refractivity contribution in [3.8, 4) is 0 Å². The second kappa shape index (κ2) is 5.02. The van der Waals surface area contributed by atoms with Gasteiger partial charge in [-0.05, 0) is 26.0 Å². The summed E-state index contributed by atoms with van der Waals surface area (Å²) in [5.41, 5.74) is 1.09. The first kappa shape index (κ1) is 10.3. The Morgan fingerprint density at radius 3 is 2.85 bits per heavy atom. The number of aryl methyl sites for hydroxylation is 2. The zero-order chi connectivity index (χ0) is 9.68. The second-order valence-corrected chi connectivity index (χ2v) is 3.68. The molecule has 0 saturated carbocycles. The van der Waals surface area contributed by atoms with Gasteiger partial charge in [0.1, 0.15) is 0 Å². The van der Waals surface area contributed by atoms with Crippen molar-refractivity contribution in [3.05, 3.63) is 18.0 Å². The summed E-state index contributed by atoms with van der Waals surface area (Å²) in [4.78, 5) is 0. The molecule has 0 aliphatic carbocycles. The van der Waals surface area contributed by atoms with Crippen molar-refractivity contribution >= 4 is 0 Å². The third-order valence-electron chi connectivity index (χ3n) is 1.89. The number of nitrogens with zero attached hydrogens (tertiary/aromatic N) is 2. The van der Waals surface area contributed by atoms with Gasteiger partial charge in [0.05, 0.1) is 5.69 Å². The van der Waals surface area contributed by atoms with Crippen molar-refractivity contribution in [1.29, 1.82) is 0 Å². The van der Waals surface area contributed by atoms with Gasteiger partial charge in [-0.15, -0.1) is 0 Å². The molecule has 0 fully saturated rings. The fourth-order valence-electron chi connectivity index (χ4n) is 1.22. The summed E-state index contributed by atoms with van der Waals surface area (Å²) in [6, 6.07) is 2.62.